The van der Waals surface area contributed by atoms with Crippen molar-refractivity contribution in [2.45, 2.75) is 12.7 Å². The molecule has 1 rings (SSSR count). The van der Waals surface area contributed by atoms with Gasteiger partial charge in [0.05, 0.1) is 5.56 Å². The maximum Gasteiger partial charge on any atom is 0.416 e. The molecule has 0 atom stereocenters. The lowest BCUT2D eigenvalue weighted by atomic mass is 10.1. The monoisotopic (exact) mass is 297 g/mol. The van der Waals surface area contributed by atoms with Crippen LogP contribution in [0.4, 0.5) is 13.2 Å². The molecule has 0 bridgehead atoms. The Morgan fingerprint density at radius 3 is 2.47 bits per heavy atom. The van der Waals surface area contributed by atoms with Crippen molar-refractivity contribution in [1.29, 1.82) is 0 Å². The summed E-state index contributed by atoms with van der Waals surface area (Å²) in [5.41, 5.74) is -0.814. The van der Waals surface area contributed by atoms with Gasteiger partial charge in [-0.25, -0.2) is 13.1 Å². The summed E-state index contributed by atoms with van der Waals surface area (Å²) in [6, 6.07) is 4.10. The number of carboxylic acids is 1. The van der Waals surface area contributed by atoms with Crippen molar-refractivity contribution in [2.24, 2.45) is 0 Å². The van der Waals surface area contributed by atoms with E-state index in [4.69, 9.17) is 5.11 Å². The number of nitrogens with one attached hydrogen (secondary N) is 1. The molecule has 9 heteroatoms. The van der Waals surface area contributed by atoms with Crippen LogP contribution in [0.5, 0.6) is 0 Å². The van der Waals surface area contributed by atoms with Gasteiger partial charge in [-0.05, 0) is 11.6 Å². The Hall–Kier alpha value is -1.61. The van der Waals surface area contributed by atoms with Gasteiger partial charge in [-0.2, -0.15) is 13.2 Å². The van der Waals surface area contributed by atoms with Gasteiger partial charge in [0, 0.05) is 6.54 Å². The average molecular weight is 297 g/mol. The van der Waals surface area contributed by atoms with Crippen LogP contribution in [-0.4, -0.2) is 25.2 Å². The number of sulfonamides is 1. The van der Waals surface area contributed by atoms with Crippen LogP contribution >= 0.6 is 0 Å². The van der Waals surface area contributed by atoms with E-state index in [9.17, 15) is 26.4 Å². The fraction of sp³-hybridized carbons (Fsp3) is 0.300. The topological polar surface area (TPSA) is 83.5 Å². The summed E-state index contributed by atoms with van der Waals surface area (Å²) in [7, 11) is -4.06. The number of carbonyl (C=O) groups is 1. The van der Waals surface area contributed by atoms with Gasteiger partial charge >= 0.3 is 12.1 Å². The summed E-state index contributed by atoms with van der Waals surface area (Å²) in [5.74, 6) is -2.68. The number of alkyl halides is 3. The molecule has 2 N–H and O–H groups in total. The first-order valence-corrected chi connectivity index (χ1v) is 6.61. The van der Waals surface area contributed by atoms with E-state index in [2.05, 4.69) is 0 Å². The number of benzene rings is 1. The molecular formula is C10H10F3NO4S. The van der Waals surface area contributed by atoms with Crippen LogP contribution < -0.4 is 4.72 Å². The summed E-state index contributed by atoms with van der Waals surface area (Å²) >= 11 is 0. The van der Waals surface area contributed by atoms with E-state index in [-0.39, 0.29) is 5.56 Å². The minimum absolute atomic E-state index is 0.0868. The maximum atomic E-state index is 12.4. The molecule has 0 aliphatic rings. The maximum absolute atomic E-state index is 12.4. The molecule has 0 spiro atoms. The average Bonchev–Trinajstić information content (AvgIpc) is 2.24. The number of rotatable bonds is 5. The zero-order valence-corrected chi connectivity index (χ0v) is 10.3. The summed E-state index contributed by atoms with van der Waals surface area (Å²) in [5, 5.41) is 8.33. The molecule has 0 radical (unpaired) electrons. The Morgan fingerprint density at radius 2 is 1.95 bits per heavy atom. The van der Waals surface area contributed by atoms with Crippen molar-refractivity contribution in [3.63, 3.8) is 0 Å². The molecule has 0 aliphatic heterocycles. The number of hydrogen-bond acceptors (Lipinski definition) is 3. The Labute approximate surface area is 107 Å². The highest BCUT2D eigenvalue weighted by molar-refractivity contribution is 7.90. The van der Waals surface area contributed by atoms with Crippen LogP contribution in [0.2, 0.25) is 0 Å². The second-order valence-electron chi connectivity index (χ2n) is 3.67. The van der Waals surface area contributed by atoms with Crippen molar-refractivity contribution in [3.8, 4) is 0 Å². The second-order valence-corrected chi connectivity index (χ2v) is 5.48. The molecule has 106 valence electrons. The Morgan fingerprint density at radius 1 is 1.32 bits per heavy atom. The van der Waals surface area contributed by atoms with Gasteiger partial charge in [0.15, 0.2) is 5.75 Å². The van der Waals surface area contributed by atoms with E-state index in [1.165, 1.54) is 6.07 Å². The van der Waals surface area contributed by atoms with Crippen LogP contribution in [0.15, 0.2) is 24.3 Å². The first-order chi connectivity index (χ1) is 8.60. The minimum Gasteiger partial charge on any atom is -0.480 e. The van der Waals surface area contributed by atoms with Crippen molar-refractivity contribution >= 4 is 16.0 Å². The molecular weight excluding hydrogens is 287 g/mol. The molecule has 0 heterocycles. The Balaban J connectivity index is 2.77. The molecule has 0 aliphatic carbocycles. The normalized spacial score (nSPS) is 12.4. The lowest BCUT2D eigenvalue weighted by Gasteiger charge is -2.09. The van der Waals surface area contributed by atoms with Gasteiger partial charge in [0.1, 0.15) is 0 Å². The molecule has 0 saturated heterocycles. The molecule has 5 nitrogen and oxygen atoms in total. The predicted molar refractivity (Wildman–Crippen MR) is 59.7 cm³/mol. The minimum atomic E-state index is -4.52. The number of hydrogen-bond donors (Lipinski definition) is 2. The lowest BCUT2D eigenvalue weighted by molar-refractivity contribution is -0.137. The fourth-order valence-electron chi connectivity index (χ4n) is 1.26. The van der Waals surface area contributed by atoms with Crippen molar-refractivity contribution < 1.29 is 31.5 Å². The van der Waals surface area contributed by atoms with E-state index in [0.717, 1.165) is 18.2 Å². The van der Waals surface area contributed by atoms with Gasteiger partial charge < -0.3 is 5.11 Å². The second kappa shape index (κ2) is 5.57. The lowest BCUT2D eigenvalue weighted by Crippen LogP contribution is -2.29. The molecule has 0 fully saturated rings. The molecule has 0 saturated carbocycles. The van der Waals surface area contributed by atoms with Gasteiger partial charge in [-0.1, -0.05) is 18.2 Å². The zero-order valence-electron chi connectivity index (χ0n) is 9.44. The van der Waals surface area contributed by atoms with Gasteiger partial charge in [0.2, 0.25) is 10.0 Å². The van der Waals surface area contributed by atoms with E-state index in [0.29, 0.717) is 0 Å². The van der Waals surface area contributed by atoms with E-state index >= 15 is 0 Å². The number of aliphatic carboxylic acids is 1. The highest BCUT2D eigenvalue weighted by atomic mass is 32.2. The van der Waals surface area contributed by atoms with E-state index < -0.39 is 40.0 Å². The highest BCUT2D eigenvalue weighted by Gasteiger charge is 2.30. The Kier molecular flexibility index (Phi) is 4.53. The van der Waals surface area contributed by atoms with Crippen LogP contribution in [0.3, 0.4) is 0 Å². The first kappa shape index (κ1) is 15.4. The fourth-order valence-corrected chi connectivity index (χ4v) is 2.08. The van der Waals surface area contributed by atoms with Gasteiger partial charge in [-0.15, -0.1) is 0 Å². The highest BCUT2D eigenvalue weighted by Crippen LogP contribution is 2.29. The van der Waals surface area contributed by atoms with Crippen molar-refractivity contribution in [2.75, 3.05) is 5.75 Å². The molecule has 1 aromatic rings. The number of halogens is 3. The summed E-state index contributed by atoms with van der Waals surface area (Å²) in [4.78, 5) is 10.2. The molecule has 1 aromatic carbocycles. The summed E-state index contributed by atoms with van der Waals surface area (Å²) in [6.45, 7) is -0.403. The van der Waals surface area contributed by atoms with Crippen LogP contribution in [0.25, 0.3) is 0 Å². The van der Waals surface area contributed by atoms with Gasteiger partial charge in [0.25, 0.3) is 0 Å². The third-order valence-electron chi connectivity index (χ3n) is 2.06. The van der Waals surface area contributed by atoms with Crippen molar-refractivity contribution in [1.82, 2.24) is 4.72 Å². The smallest absolute Gasteiger partial charge is 0.416 e. The molecule has 0 unspecified atom stereocenters. The van der Waals surface area contributed by atoms with Crippen LogP contribution in [0, 0.1) is 0 Å². The van der Waals surface area contributed by atoms with E-state index in [1.807, 2.05) is 4.72 Å². The van der Waals surface area contributed by atoms with Crippen LogP contribution in [0.1, 0.15) is 11.1 Å². The standard InChI is InChI=1S/C10H10F3NO4S/c11-10(12,13)8-3-1-2-7(4-8)5-14-19(17,18)6-9(15)16/h1-4,14H,5-6H2,(H,15,16). The predicted octanol–water partition coefficient (Wildman–Crippen LogP) is 1.21. The Bertz CT molecular complexity index is 568. The van der Waals surface area contributed by atoms with E-state index in [1.54, 1.807) is 0 Å². The van der Waals surface area contributed by atoms with Gasteiger partial charge in [-0.3, -0.25) is 4.79 Å². The molecule has 0 aromatic heterocycles. The SMILES string of the molecule is O=C(O)CS(=O)(=O)NCc1cccc(C(F)(F)F)c1. The van der Waals surface area contributed by atoms with Crippen molar-refractivity contribution in [3.05, 3.63) is 35.4 Å². The first-order valence-electron chi connectivity index (χ1n) is 4.95. The summed E-state index contributed by atoms with van der Waals surface area (Å²) in [6.07, 6.45) is -4.52. The zero-order chi connectivity index (χ0) is 14.7. The quantitative estimate of drug-likeness (QED) is 0.855. The van der Waals surface area contributed by atoms with Crippen LogP contribution in [-0.2, 0) is 27.5 Å². The largest absolute Gasteiger partial charge is 0.480 e. The molecule has 0 amide bonds. The summed E-state index contributed by atoms with van der Waals surface area (Å²) < 4.78 is 61.5. The third-order valence-corrected chi connectivity index (χ3v) is 3.28. The third kappa shape index (κ3) is 5.26. The molecule has 19 heavy (non-hydrogen) atoms. The number of carboxylic acid groups (broad SMARTS) is 1.